The van der Waals surface area contributed by atoms with Gasteiger partial charge in [-0.05, 0) is 4.90 Å². The van der Waals surface area contributed by atoms with Crippen LogP contribution in [0.4, 0.5) is 11.4 Å². The zero-order valence-electron chi connectivity index (χ0n) is 8.06. The minimum atomic E-state index is -1.16. The molecule has 0 saturated heterocycles. The number of rotatable bonds is 2. The Balaban J connectivity index is 3.08. The van der Waals surface area contributed by atoms with Crippen LogP contribution < -0.4 is 4.90 Å². The van der Waals surface area contributed by atoms with Gasteiger partial charge in [-0.3, -0.25) is 24.9 Å². The lowest BCUT2D eigenvalue weighted by Gasteiger charge is -1.98. The molecule has 94 valence electrons. The summed E-state index contributed by atoms with van der Waals surface area (Å²) in [5.41, 5.74) is -3.67. The number of aromatic nitrogens is 2. The van der Waals surface area contributed by atoms with Crippen LogP contribution in [-0.4, -0.2) is 20.1 Å². The second-order valence-electron chi connectivity index (χ2n) is 3.00. The molecule has 12 heteroatoms. The zero-order chi connectivity index (χ0) is 13.6. The molecule has 0 amide bonds. The summed E-state index contributed by atoms with van der Waals surface area (Å²) in [6.07, 6.45) is 0. The highest BCUT2D eigenvalue weighted by Crippen LogP contribution is 2.45. The van der Waals surface area contributed by atoms with Crippen LogP contribution >= 0.6 is 11.6 Å². The molecular weight excluding hydrogens is 276 g/mol. The first-order valence-electron chi connectivity index (χ1n) is 4.09. The molecule has 1 aromatic heterocycles. The summed E-state index contributed by atoms with van der Waals surface area (Å²) < 4.78 is 4.04. The third-order valence-corrected chi connectivity index (χ3v) is 2.43. The van der Waals surface area contributed by atoms with Crippen LogP contribution in [0.3, 0.4) is 0 Å². The molecule has 0 unspecified atom stereocenters. The van der Waals surface area contributed by atoms with Crippen molar-refractivity contribution in [3.8, 4) is 5.75 Å². The fraction of sp³-hybridized carbons (Fsp3) is 0. The average Bonchev–Trinajstić information content (AvgIpc) is 2.59. The van der Waals surface area contributed by atoms with Gasteiger partial charge in [-0.2, -0.15) is 0 Å². The molecule has 2 aromatic rings. The van der Waals surface area contributed by atoms with Gasteiger partial charge in [-0.15, -0.1) is 0 Å². The normalized spacial score (nSPS) is 10.7. The highest BCUT2D eigenvalue weighted by molar-refractivity contribution is 6.36. The van der Waals surface area contributed by atoms with E-state index in [-0.39, 0.29) is 4.90 Å². The van der Waals surface area contributed by atoms with Crippen LogP contribution in [0.1, 0.15) is 0 Å². The number of aromatic hydroxyl groups is 1. The molecule has 0 radical (unpaired) electrons. The van der Waals surface area contributed by atoms with Gasteiger partial charge in [-0.1, -0.05) is 11.6 Å². The number of benzene rings is 1. The third-order valence-electron chi connectivity index (χ3n) is 2.07. The molecule has 18 heavy (non-hydrogen) atoms. The minimum Gasteiger partial charge on any atom is -0.499 e. The van der Waals surface area contributed by atoms with E-state index in [1.165, 1.54) is 0 Å². The molecule has 0 aliphatic carbocycles. The quantitative estimate of drug-likeness (QED) is 0.475. The standard InChI is InChI=1S/C6HClN4O7/c7-1-3(9(13)14)2-5(11(17)18-8-2)6(12)4(1)10(15)16/h12H. The Morgan fingerprint density at radius 3 is 2.33 bits per heavy atom. The van der Waals surface area contributed by atoms with Gasteiger partial charge in [0.1, 0.15) is 0 Å². The maximum absolute atomic E-state index is 11.1. The van der Waals surface area contributed by atoms with Crippen molar-refractivity contribution in [3.05, 3.63) is 30.5 Å². The first-order valence-corrected chi connectivity index (χ1v) is 4.46. The van der Waals surface area contributed by atoms with Crippen molar-refractivity contribution >= 4 is 34.0 Å². The first kappa shape index (κ1) is 11.8. The smallest absolute Gasteiger partial charge is 0.352 e. The van der Waals surface area contributed by atoms with Crippen LogP contribution in [0.2, 0.25) is 5.02 Å². The molecule has 1 heterocycles. The molecule has 11 nitrogen and oxygen atoms in total. The SMILES string of the molecule is O=[N+]([O-])c1c(Cl)c([N+](=O)[O-])c2no[n+]([O-])c2c1O. The number of phenols is 1. The molecule has 0 bridgehead atoms. The highest BCUT2D eigenvalue weighted by atomic mass is 35.5. The predicted octanol–water partition coefficient (Wildman–Crippen LogP) is 0.637. The molecule has 0 aliphatic heterocycles. The number of halogens is 1. The van der Waals surface area contributed by atoms with Gasteiger partial charge >= 0.3 is 16.9 Å². The van der Waals surface area contributed by atoms with Crippen molar-refractivity contribution in [1.29, 1.82) is 0 Å². The monoisotopic (exact) mass is 276 g/mol. The molecule has 1 aromatic carbocycles. The second-order valence-corrected chi connectivity index (χ2v) is 3.38. The van der Waals surface area contributed by atoms with Gasteiger partial charge < -0.3 is 10.3 Å². The molecule has 0 aliphatic rings. The molecule has 0 atom stereocenters. The summed E-state index contributed by atoms with van der Waals surface area (Å²) in [5, 5.41) is 44.1. The second kappa shape index (κ2) is 3.66. The third kappa shape index (κ3) is 1.37. The van der Waals surface area contributed by atoms with E-state index in [2.05, 4.69) is 9.79 Å². The van der Waals surface area contributed by atoms with Gasteiger partial charge in [0.25, 0.3) is 11.3 Å². The number of hydrogen-bond acceptors (Lipinski definition) is 8. The lowest BCUT2D eigenvalue weighted by Crippen LogP contribution is -2.22. The number of phenolic OH excluding ortho intramolecular Hbond substituents is 1. The molecule has 0 saturated carbocycles. The van der Waals surface area contributed by atoms with E-state index >= 15 is 0 Å². The minimum absolute atomic E-state index is 0.388. The summed E-state index contributed by atoms with van der Waals surface area (Å²) in [5.74, 6) is -1.15. The maximum Gasteiger partial charge on any atom is 0.352 e. The van der Waals surface area contributed by atoms with Gasteiger partial charge in [0.05, 0.1) is 15.0 Å². The van der Waals surface area contributed by atoms with Crippen LogP contribution in [0, 0.1) is 25.4 Å². The van der Waals surface area contributed by atoms with Crippen LogP contribution in [-0.2, 0) is 0 Å². The molecule has 1 N–H and O–H groups in total. The van der Waals surface area contributed by atoms with Gasteiger partial charge in [0, 0.05) is 0 Å². The molecule has 0 spiro atoms. The Kier molecular flexibility index (Phi) is 2.40. The molecular formula is C6HClN4O7. The summed E-state index contributed by atoms with van der Waals surface area (Å²) in [6.45, 7) is 0. The maximum atomic E-state index is 11.1. The lowest BCUT2D eigenvalue weighted by atomic mass is 10.2. The Bertz CT molecular complexity index is 695. The number of nitro benzene ring substituents is 2. The van der Waals surface area contributed by atoms with Crippen LogP contribution in [0.5, 0.6) is 5.75 Å². The summed E-state index contributed by atoms with van der Waals surface area (Å²) >= 11 is 5.46. The highest BCUT2D eigenvalue weighted by Gasteiger charge is 2.39. The first-order chi connectivity index (χ1) is 8.36. The van der Waals surface area contributed by atoms with Crippen molar-refractivity contribution in [2.75, 3.05) is 0 Å². The van der Waals surface area contributed by atoms with E-state index in [0.29, 0.717) is 0 Å². The topological polar surface area (TPSA) is 159 Å². The summed E-state index contributed by atoms with van der Waals surface area (Å²) in [4.78, 5) is 18.8. The van der Waals surface area contributed by atoms with Gasteiger partial charge in [-0.25, -0.2) is 0 Å². The fourth-order valence-corrected chi connectivity index (χ4v) is 1.68. The van der Waals surface area contributed by atoms with E-state index < -0.39 is 43.0 Å². The summed E-state index contributed by atoms with van der Waals surface area (Å²) in [7, 11) is 0. The fourth-order valence-electron chi connectivity index (χ4n) is 1.37. The van der Waals surface area contributed by atoms with Crippen molar-refractivity contribution in [2.24, 2.45) is 0 Å². The lowest BCUT2D eigenvalue weighted by molar-refractivity contribution is -0.782. The Labute approximate surface area is 101 Å². The number of nitrogens with zero attached hydrogens (tertiary/aromatic N) is 4. The van der Waals surface area contributed by atoms with Gasteiger partial charge in [0.2, 0.25) is 5.02 Å². The Morgan fingerprint density at radius 2 is 1.83 bits per heavy atom. The van der Waals surface area contributed by atoms with Crippen molar-refractivity contribution in [3.63, 3.8) is 0 Å². The van der Waals surface area contributed by atoms with Crippen molar-refractivity contribution < 1.29 is 24.5 Å². The molecule has 0 fully saturated rings. The number of hydrogen-bond donors (Lipinski definition) is 1. The Morgan fingerprint density at radius 1 is 1.28 bits per heavy atom. The predicted molar refractivity (Wildman–Crippen MR) is 53.0 cm³/mol. The van der Waals surface area contributed by atoms with E-state index in [1.54, 1.807) is 0 Å². The van der Waals surface area contributed by atoms with Crippen molar-refractivity contribution in [2.45, 2.75) is 0 Å². The van der Waals surface area contributed by atoms with E-state index in [4.69, 9.17) is 11.6 Å². The Hall–Kier alpha value is -2.69. The number of fused-ring (bicyclic) bond motifs is 1. The largest absolute Gasteiger partial charge is 0.499 e. The number of nitro groups is 2. The van der Waals surface area contributed by atoms with Crippen molar-refractivity contribution in [1.82, 2.24) is 5.16 Å². The summed E-state index contributed by atoms with van der Waals surface area (Å²) in [6, 6.07) is 0. The van der Waals surface area contributed by atoms with Crippen LogP contribution in [0.15, 0.2) is 4.63 Å². The van der Waals surface area contributed by atoms with Gasteiger partial charge in [0.15, 0.2) is 0 Å². The van der Waals surface area contributed by atoms with E-state index in [0.717, 1.165) is 0 Å². The van der Waals surface area contributed by atoms with E-state index in [9.17, 15) is 30.5 Å². The van der Waals surface area contributed by atoms with Crippen LogP contribution in [0.25, 0.3) is 11.0 Å². The average molecular weight is 277 g/mol. The van der Waals surface area contributed by atoms with E-state index in [1.807, 2.05) is 0 Å². The molecule has 2 rings (SSSR count). The zero-order valence-corrected chi connectivity index (χ0v) is 8.82.